The zero-order valence-corrected chi connectivity index (χ0v) is 17.8. The van der Waals surface area contributed by atoms with Crippen LogP contribution in [0.25, 0.3) is 17.1 Å². The lowest BCUT2D eigenvalue weighted by Crippen LogP contribution is -2.18. The Labute approximate surface area is 194 Å². The molecule has 0 unspecified atom stereocenters. The molecule has 0 bridgehead atoms. The highest BCUT2D eigenvalue weighted by molar-refractivity contribution is 5.64. The van der Waals surface area contributed by atoms with Gasteiger partial charge in [0.05, 0.1) is 29.0 Å². The first-order valence-electron chi connectivity index (χ1n) is 10.3. The molecule has 3 aromatic rings. The van der Waals surface area contributed by atoms with Crippen LogP contribution in [0.3, 0.4) is 0 Å². The molecule has 0 atom stereocenters. The fourth-order valence-corrected chi connectivity index (χ4v) is 3.88. The van der Waals surface area contributed by atoms with E-state index in [1.54, 1.807) is 12.1 Å². The van der Waals surface area contributed by atoms with Crippen LogP contribution >= 0.6 is 0 Å². The maximum atomic E-state index is 15.0. The number of nitro groups is 1. The van der Waals surface area contributed by atoms with Crippen molar-refractivity contribution in [1.82, 2.24) is 14.5 Å². The zero-order valence-electron chi connectivity index (χ0n) is 17.8. The molecule has 35 heavy (non-hydrogen) atoms. The first-order chi connectivity index (χ1) is 16.8. The van der Waals surface area contributed by atoms with Crippen LogP contribution in [-0.2, 0) is 12.8 Å². The predicted octanol–water partition coefficient (Wildman–Crippen LogP) is 4.77. The number of H-pyrrole nitrogens is 1. The van der Waals surface area contributed by atoms with E-state index >= 15 is 0 Å². The van der Waals surface area contributed by atoms with E-state index in [9.17, 15) is 28.1 Å². The molecule has 2 aliphatic heterocycles. The molecule has 8 nitrogen and oxygen atoms in total. The molecule has 2 aromatic carbocycles. The van der Waals surface area contributed by atoms with Crippen molar-refractivity contribution in [2.24, 2.45) is 0 Å². The van der Waals surface area contributed by atoms with E-state index in [-0.39, 0.29) is 46.9 Å². The van der Waals surface area contributed by atoms with Crippen LogP contribution < -0.4 is 5.56 Å². The van der Waals surface area contributed by atoms with Gasteiger partial charge >= 0.3 is 5.69 Å². The van der Waals surface area contributed by atoms with E-state index < -0.39 is 33.6 Å². The summed E-state index contributed by atoms with van der Waals surface area (Å²) in [6.45, 7) is 0. The predicted molar refractivity (Wildman–Crippen MR) is 118 cm³/mol. The average Bonchev–Trinajstić information content (AvgIpc) is 3.45. The van der Waals surface area contributed by atoms with Crippen molar-refractivity contribution in [3.05, 3.63) is 122 Å². The van der Waals surface area contributed by atoms with Crippen LogP contribution in [0.1, 0.15) is 22.7 Å². The van der Waals surface area contributed by atoms with Gasteiger partial charge in [0.25, 0.3) is 5.56 Å². The van der Waals surface area contributed by atoms with Gasteiger partial charge in [0.2, 0.25) is 5.82 Å². The van der Waals surface area contributed by atoms with Gasteiger partial charge in [-0.3, -0.25) is 19.5 Å². The summed E-state index contributed by atoms with van der Waals surface area (Å²) in [5.74, 6) is -2.20. The van der Waals surface area contributed by atoms with Crippen molar-refractivity contribution < 1.29 is 22.5 Å². The van der Waals surface area contributed by atoms with E-state index in [1.165, 1.54) is 30.7 Å². The molecular weight excluding hydrogens is 465 g/mol. The van der Waals surface area contributed by atoms with Gasteiger partial charge in [0.1, 0.15) is 23.1 Å². The van der Waals surface area contributed by atoms with E-state index in [0.717, 1.165) is 22.8 Å². The Morgan fingerprint density at radius 2 is 1.77 bits per heavy atom. The van der Waals surface area contributed by atoms with Gasteiger partial charge in [0, 0.05) is 29.8 Å². The van der Waals surface area contributed by atoms with E-state index in [4.69, 9.17) is 4.42 Å². The van der Waals surface area contributed by atoms with Crippen LogP contribution in [0.2, 0.25) is 0 Å². The molecule has 0 amide bonds. The van der Waals surface area contributed by atoms with Crippen molar-refractivity contribution >= 4 is 5.69 Å². The molecule has 3 heterocycles. The van der Waals surface area contributed by atoms with Gasteiger partial charge in [0.15, 0.2) is 5.82 Å². The molecule has 11 heteroatoms. The maximum absolute atomic E-state index is 15.0. The van der Waals surface area contributed by atoms with Crippen molar-refractivity contribution in [1.29, 1.82) is 0 Å². The van der Waals surface area contributed by atoms with Crippen LogP contribution in [0, 0.1) is 27.6 Å². The molecule has 0 saturated heterocycles. The molecule has 0 saturated carbocycles. The fraction of sp³-hybridized carbons (Fsp3) is 0.0833. The zero-order chi connectivity index (χ0) is 24.7. The third-order valence-electron chi connectivity index (χ3n) is 5.55. The number of nitrogens with zero attached hydrogens (tertiary/aromatic N) is 3. The van der Waals surface area contributed by atoms with Crippen molar-refractivity contribution in [3.63, 3.8) is 0 Å². The minimum atomic E-state index is -1.13. The number of hydrogen-bond donors (Lipinski definition) is 1. The molecule has 0 aliphatic carbocycles. The highest BCUT2D eigenvalue weighted by Gasteiger charge is 2.25. The lowest BCUT2D eigenvalue weighted by molar-refractivity contribution is -0.387. The third kappa shape index (κ3) is 3.97. The smallest absolute Gasteiger partial charge is 0.305 e. The van der Waals surface area contributed by atoms with Gasteiger partial charge in [-0.25, -0.2) is 13.8 Å². The number of nitro benzene ring substituents is 1. The van der Waals surface area contributed by atoms with Crippen LogP contribution in [0.5, 0.6) is 0 Å². The van der Waals surface area contributed by atoms with Crippen LogP contribution in [0.15, 0.2) is 70.2 Å². The number of fused-ring (bicyclic) bond motifs is 1. The number of halogens is 3. The van der Waals surface area contributed by atoms with Gasteiger partial charge in [-0.1, -0.05) is 12.1 Å². The van der Waals surface area contributed by atoms with Crippen molar-refractivity contribution in [3.8, 4) is 17.1 Å². The Kier molecular flexibility index (Phi) is 5.44. The van der Waals surface area contributed by atoms with Crippen molar-refractivity contribution in [2.75, 3.05) is 0 Å². The summed E-state index contributed by atoms with van der Waals surface area (Å²) < 4.78 is 50.2. The maximum Gasteiger partial charge on any atom is 0.305 e. The molecule has 176 valence electrons. The van der Waals surface area contributed by atoms with Crippen LogP contribution in [0.4, 0.5) is 18.9 Å². The number of aromatic amines is 1. The third-order valence-corrected chi connectivity index (χ3v) is 5.55. The highest BCUT2D eigenvalue weighted by Crippen LogP contribution is 2.30. The number of aromatic nitrogens is 3. The number of imidazole rings is 1. The minimum Gasteiger partial charge on any atom is -0.469 e. The lowest BCUT2D eigenvalue weighted by Gasteiger charge is -2.14. The average molecular weight is 480 g/mol. The minimum absolute atomic E-state index is 0.00973. The summed E-state index contributed by atoms with van der Waals surface area (Å²) in [5, 5.41) is 11.2. The van der Waals surface area contributed by atoms with Crippen molar-refractivity contribution in [2.45, 2.75) is 12.8 Å². The monoisotopic (exact) mass is 480 g/mol. The number of nitrogens with one attached hydrogen (secondary N) is 1. The van der Waals surface area contributed by atoms with Gasteiger partial charge in [-0.05, 0) is 30.3 Å². The largest absolute Gasteiger partial charge is 0.469 e. The standard InChI is InChI=1S/C24H15F3N4O4/c25-16-6-2-7-17(26)15(16)11-18-23-29-19(10-13-4-3-9-35-13)24(32)30(23)12-20(28-18)14-5-1-8-21(22(14)27)31(33)34/h1-9,12,28H,10-11H2. The number of furan rings is 1. The Hall–Kier alpha value is -4.67. The summed E-state index contributed by atoms with van der Waals surface area (Å²) >= 11 is 0. The molecule has 0 radical (unpaired) electrons. The van der Waals surface area contributed by atoms with Gasteiger partial charge in [-0.2, -0.15) is 4.39 Å². The first kappa shape index (κ1) is 22.1. The fourth-order valence-electron chi connectivity index (χ4n) is 3.88. The summed E-state index contributed by atoms with van der Waals surface area (Å²) in [6, 6.07) is 10.3. The molecule has 2 aliphatic rings. The topological polar surface area (TPSA) is 107 Å². The molecule has 0 fully saturated rings. The first-order valence-corrected chi connectivity index (χ1v) is 10.3. The highest BCUT2D eigenvalue weighted by atomic mass is 19.1. The second kappa shape index (κ2) is 8.60. The Morgan fingerprint density at radius 1 is 1.03 bits per heavy atom. The normalized spacial score (nSPS) is 11.3. The molecule has 5 rings (SSSR count). The SMILES string of the molecule is O=c1c(Cc2ccco2)nc2c(Cc3c(F)cccc3F)[nH]c(-c3cccc([N+](=O)[O-])c3F)cn1-2. The summed E-state index contributed by atoms with van der Waals surface area (Å²) in [7, 11) is 0. The quantitative estimate of drug-likeness (QED) is 0.278. The van der Waals surface area contributed by atoms with E-state index in [1.807, 2.05) is 0 Å². The Balaban J connectivity index is 1.73. The number of benzene rings is 2. The number of hydrogen-bond acceptors (Lipinski definition) is 5. The second-order valence-corrected chi connectivity index (χ2v) is 7.73. The van der Waals surface area contributed by atoms with Gasteiger partial charge in [-0.15, -0.1) is 0 Å². The summed E-state index contributed by atoms with van der Waals surface area (Å²) in [4.78, 5) is 30.7. The Bertz CT molecular complexity index is 1570. The van der Waals surface area contributed by atoms with E-state index in [2.05, 4.69) is 9.97 Å². The van der Waals surface area contributed by atoms with Crippen LogP contribution in [-0.4, -0.2) is 19.5 Å². The summed E-state index contributed by atoms with van der Waals surface area (Å²) in [6.07, 6.45) is 2.41. The van der Waals surface area contributed by atoms with Gasteiger partial charge < -0.3 is 9.40 Å². The summed E-state index contributed by atoms with van der Waals surface area (Å²) in [5.41, 5.74) is -1.59. The molecule has 1 aromatic heterocycles. The van der Waals surface area contributed by atoms with E-state index in [0.29, 0.717) is 5.76 Å². The molecule has 1 N–H and O–H groups in total. The molecular formula is C24H15F3N4O4. The molecule has 0 spiro atoms. The number of rotatable bonds is 6. The Morgan fingerprint density at radius 3 is 2.46 bits per heavy atom. The second-order valence-electron chi connectivity index (χ2n) is 7.73. The lowest BCUT2D eigenvalue weighted by atomic mass is 10.1.